The minimum atomic E-state index is -3.59. The molecule has 0 atom stereocenters. The molecule has 2 aromatic carbocycles. The van der Waals surface area contributed by atoms with Gasteiger partial charge in [-0.3, -0.25) is 4.79 Å². The lowest BCUT2D eigenvalue weighted by Gasteiger charge is -2.28. The van der Waals surface area contributed by atoms with Gasteiger partial charge in [-0.2, -0.15) is 4.98 Å². The number of anilines is 3. The maximum Gasteiger partial charge on any atom is 0.240 e. The van der Waals surface area contributed by atoms with E-state index < -0.39 is 10.0 Å². The molecule has 1 aliphatic carbocycles. The van der Waals surface area contributed by atoms with Gasteiger partial charge < -0.3 is 15.5 Å². The highest BCUT2D eigenvalue weighted by molar-refractivity contribution is 7.89. The third-order valence-electron chi connectivity index (χ3n) is 6.57. The zero-order valence-corrected chi connectivity index (χ0v) is 21.8. The molecule has 1 fully saturated rings. The van der Waals surface area contributed by atoms with Gasteiger partial charge in [-0.05, 0) is 73.9 Å². The number of rotatable bonds is 9. The summed E-state index contributed by atoms with van der Waals surface area (Å²) in [4.78, 5) is 22.7. The highest BCUT2D eigenvalue weighted by Crippen LogP contribution is 2.29. The molecule has 192 valence electrons. The quantitative estimate of drug-likeness (QED) is 0.400. The predicted molar refractivity (Wildman–Crippen MR) is 144 cm³/mol. The highest BCUT2D eigenvalue weighted by Gasteiger charge is 2.23. The molecular weight excluding hydrogens is 476 g/mol. The van der Waals surface area contributed by atoms with Gasteiger partial charge >= 0.3 is 0 Å². The first kappa shape index (κ1) is 25.8. The molecule has 0 unspecified atom stereocenters. The summed E-state index contributed by atoms with van der Waals surface area (Å²) in [7, 11) is 0.373. The molecular formula is C26H34N6O3S. The Morgan fingerprint density at radius 1 is 0.944 bits per heavy atom. The molecule has 0 radical (unpaired) electrons. The molecule has 1 aromatic heterocycles. The summed E-state index contributed by atoms with van der Waals surface area (Å²) in [6.45, 7) is 2.63. The highest BCUT2D eigenvalue weighted by atomic mass is 32.2. The summed E-state index contributed by atoms with van der Waals surface area (Å²) in [5.41, 5.74) is 1.49. The van der Waals surface area contributed by atoms with E-state index in [9.17, 15) is 13.2 Å². The van der Waals surface area contributed by atoms with Gasteiger partial charge in [0.15, 0.2) is 0 Å². The number of nitrogens with one attached hydrogen (secondary N) is 3. The Kier molecular flexibility index (Phi) is 8.05. The molecule has 0 spiro atoms. The Morgan fingerprint density at radius 3 is 2.22 bits per heavy atom. The van der Waals surface area contributed by atoms with E-state index in [-0.39, 0.29) is 10.8 Å². The van der Waals surface area contributed by atoms with Crippen molar-refractivity contribution in [2.24, 2.45) is 11.8 Å². The van der Waals surface area contributed by atoms with Crippen LogP contribution in [0.1, 0.15) is 32.6 Å². The Labute approximate surface area is 212 Å². The maximum atomic E-state index is 12.7. The number of amides is 1. The van der Waals surface area contributed by atoms with Gasteiger partial charge in [0, 0.05) is 45.2 Å². The first-order valence-corrected chi connectivity index (χ1v) is 13.7. The van der Waals surface area contributed by atoms with Gasteiger partial charge in [-0.25, -0.2) is 18.1 Å². The van der Waals surface area contributed by atoms with Crippen LogP contribution >= 0.6 is 0 Å². The Hall–Kier alpha value is -3.24. The van der Waals surface area contributed by atoms with Crippen molar-refractivity contribution in [3.63, 3.8) is 0 Å². The van der Waals surface area contributed by atoms with Crippen LogP contribution in [-0.2, 0) is 14.8 Å². The fourth-order valence-corrected chi connectivity index (χ4v) is 5.70. The van der Waals surface area contributed by atoms with E-state index in [1.807, 2.05) is 43.3 Å². The number of sulfonamides is 1. The van der Waals surface area contributed by atoms with Crippen LogP contribution < -0.4 is 20.3 Å². The number of aromatic nitrogens is 2. The van der Waals surface area contributed by atoms with Crippen molar-refractivity contribution < 1.29 is 13.2 Å². The third-order valence-corrected chi connectivity index (χ3v) is 8.01. The normalized spacial score (nSPS) is 18.1. The molecule has 0 aliphatic heterocycles. The van der Waals surface area contributed by atoms with Crippen LogP contribution in [0.15, 0.2) is 53.4 Å². The smallest absolute Gasteiger partial charge is 0.240 e. The number of para-hydroxylation sites is 1. The maximum absolute atomic E-state index is 12.7. The van der Waals surface area contributed by atoms with E-state index in [0.29, 0.717) is 30.0 Å². The molecule has 0 bridgehead atoms. The van der Waals surface area contributed by atoms with Crippen molar-refractivity contribution in [2.75, 3.05) is 42.7 Å². The van der Waals surface area contributed by atoms with Crippen molar-refractivity contribution in [1.29, 1.82) is 0 Å². The number of carbonyl (C=O) groups is 1. The van der Waals surface area contributed by atoms with Crippen molar-refractivity contribution in [2.45, 2.75) is 37.5 Å². The molecule has 1 amide bonds. The molecule has 1 heterocycles. The summed E-state index contributed by atoms with van der Waals surface area (Å²) < 4.78 is 28.1. The van der Waals surface area contributed by atoms with Gasteiger partial charge in [0.05, 0.1) is 10.4 Å². The molecule has 1 saturated carbocycles. The Balaban J connectivity index is 1.26. The van der Waals surface area contributed by atoms with Crippen LogP contribution in [0.4, 0.5) is 17.5 Å². The van der Waals surface area contributed by atoms with Crippen molar-refractivity contribution in [1.82, 2.24) is 14.7 Å². The molecule has 3 N–H and O–H groups in total. The van der Waals surface area contributed by atoms with Gasteiger partial charge in [0.1, 0.15) is 5.82 Å². The lowest BCUT2D eigenvalue weighted by Crippen LogP contribution is -2.32. The van der Waals surface area contributed by atoms with E-state index in [1.165, 1.54) is 19.1 Å². The average molecular weight is 511 g/mol. The minimum Gasteiger partial charge on any atom is -0.362 e. The fourth-order valence-electron chi connectivity index (χ4n) is 4.59. The van der Waals surface area contributed by atoms with Crippen molar-refractivity contribution in [3.05, 3.63) is 48.5 Å². The van der Waals surface area contributed by atoms with Crippen molar-refractivity contribution >= 4 is 44.3 Å². The Morgan fingerprint density at radius 2 is 1.58 bits per heavy atom. The van der Waals surface area contributed by atoms with Crippen LogP contribution in [0.25, 0.3) is 10.9 Å². The predicted octanol–water partition coefficient (Wildman–Crippen LogP) is 3.85. The second-order valence-corrected chi connectivity index (χ2v) is 11.4. The molecule has 4 rings (SSSR count). The molecule has 1 aliphatic rings. The van der Waals surface area contributed by atoms with E-state index in [2.05, 4.69) is 20.3 Å². The topological polar surface area (TPSA) is 116 Å². The largest absolute Gasteiger partial charge is 0.362 e. The number of nitrogens with zero attached hydrogens (tertiary/aromatic N) is 3. The van der Waals surface area contributed by atoms with Gasteiger partial charge in [-0.1, -0.05) is 12.1 Å². The minimum absolute atomic E-state index is 0.196. The number of fused-ring (bicyclic) bond motifs is 1. The average Bonchev–Trinajstić information content (AvgIpc) is 2.86. The lowest BCUT2D eigenvalue weighted by molar-refractivity contribution is -0.114. The number of hydrogen-bond acceptors (Lipinski definition) is 7. The van der Waals surface area contributed by atoms with Crippen LogP contribution in [0.3, 0.4) is 0 Å². The summed E-state index contributed by atoms with van der Waals surface area (Å²) in [5, 5.41) is 7.09. The second-order valence-electron chi connectivity index (χ2n) is 9.61. The number of carbonyl (C=O) groups excluding carboxylic acids is 1. The van der Waals surface area contributed by atoms with E-state index >= 15 is 0 Å². The lowest BCUT2D eigenvalue weighted by atomic mass is 9.82. The first-order valence-electron chi connectivity index (χ1n) is 12.3. The molecule has 3 aromatic rings. The first-order chi connectivity index (χ1) is 17.2. The number of hydrogen-bond donors (Lipinski definition) is 3. The Bertz CT molecular complexity index is 1300. The monoisotopic (exact) mass is 510 g/mol. The zero-order chi connectivity index (χ0) is 25.7. The standard InChI is InChI=1S/C26H34N6O3S/c1-18(33)29-21-12-14-22(15-13-21)36(34,35)28-17-20-10-8-19(9-11-20)16-27-26-30-24-7-5-4-6-23(24)25(31-26)32(2)3/h4-7,12-15,19-20,28H,8-11,16-17H2,1-3H3,(H,29,33)(H,27,30,31). The molecule has 9 nitrogen and oxygen atoms in total. The van der Waals surface area contributed by atoms with Gasteiger partial charge in [0.25, 0.3) is 0 Å². The summed E-state index contributed by atoms with van der Waals surface area (Å²) >= 11 is 0. The SMILES string of the molecule is CC(=O)Nc1ccc(S(=O)(=O)NCC2CCC(CNc3nc(N(C)C)c4ccccc4n3)CC2)cc1. The van der Waals surface area contributed by atoms with E-state index in [1.54, 1.807) is 12.1 Å². The summed E-state index contributed by atoms with van der Waals surface area (Å²) in [6, 6.07) is 14.2. The second kappa shape index (κ2) is 11.2. The molecule has 36 heavy (non-hydrogen) atoms. The van der Waals surface area contributed by atoms with Crippen molar-refractivity contribution in [3.8, 4) is 0 Å². The molecule has 10 heteroatoms. The van der Waals surface area contributed by atoms with Crippen LogP contribution in [0.2, 0.25) is 0 Å². The van der Waals surface area contributed by atoms with Gasteiger partial charge in [-0.15, -0.1) is 0 Å². The summed E-state index contributed by atoms with van der Waals surface area (Å²) in [6.07, 6.45) is 3.99. The molecule has 0 saturated heterocycles. The fraction of sp³-hybridized carbons (Fsp3) is 0.423. The van der Waals surface area contributed by atoms with E-state index in [4.69, 9.17) is 4.98 Å². The summed E-state index contributed by atoms with van der Waals surface area (Å²) in [5.74, 6) is 2.14. The van der Waals surface area contributed by atoms with Gasteiger partial charge in [0.2, 0.25) is 21.9 Å². The zero-order valence-electron chi connectivity index (χ0n) is 21.0. The number of benzene rings is 2. The van der Waals surface area contributed by atoms with E-state index in [0.717, 1.165) is 48.9 Å². The van der Waals surface area contributed by atoms with Crippen LogP contribution in [0, 0.1) is 11.8 Å². The van der Waals surface area contributed by atoms with Crippen LogP contribution in [0.5, 0.6) is 0 Å². The third kappa shape index (κ3) is 6.50. The van der Waals surface area contributed by atoms with Crippen LogP contribution in [-0.4, -0.2) is 51.5 Å².